The maximum absolute atomic E-state index is 11.7. The molecule has 0 heterocycles. The predicted octanol–water partition coefficient (Wildman–Crippen LogP) is -0.584. The second-order valence-corrected chi connectivity index (χ2v) is 7.61. The zero-order valence-corrected chi connectivity index (χ0v) is 18.3. The molecular weight excluding hydrogens is 357 g/mol. The first kappa shape index (κ1) is 27.1. The van der Waals surface area contributed by atoms with Crippen molar-refractivity contribution in [1.82, 2.24) is 5.32 Å². The molecule has 0 saturated carbocycles. The fourth-order valence-electron chi connectivity index (χ4n) is 2.38. The minimum Gasteiger partial charge on any atom is -0.748 e. The third kappa shape index (κ3) is 18.4. The Balaban J connectivity index is 0. The molecule has 0 aliphatic carbocycles. The number of carbonyl (C=O) groups excluding carboxylic acids is 1. The summed E-state index contributed by atoms with van der Waals surface area (Å²) in [6, 6.07) is -1.33. The van der Waals surface area contributed by atoms with Crippen LogP contribution in [-0.2, 0) is 19.7 Å². The molecule has 7 nitrogen and oxygen atoms in total. The Bertz CT molecular complexity index is 469. The molecule has 142 valence electrons. The Labute approximate surface area is 173 Å². The third-order valence-electron chi connectivity index (χ3n) is 3.80. The molecule has 0 aromatic heterocycles. The molecule has 0 bridgehead atoms. The van der Waals surface area contributed by atoms with Gasteiger partial charge in [0, 0.05) is 12.2 Å². The van der Waals surface area contributed by atoms with Crippen LogP contribution in [0.4, 0.5) is 0 Å². The van der Waals surface area contributed by atoms with Gasteiger partial charge >= 0.3 is 35.5 Å². The number of carboxylic acids is 1. The second-order valence-electron chi connectivity index (χ2n) is 6.09. The van der Waals surface area contributed by atoms with Gasteiger partial charge in [-0.25, -0.2) is 13.2 Å². The molecule has 0 rings (SSSR count). The van der Waals surface area contributed by atoms with E-state index < -0.39 is 40.2 Å². The molecule has 0 aromatic rings. The van der Waals surface area contributed by atoms with Gasteiger partial charge in [-0.05, 0) is 12.8 Å². The van der Waals surface area contributed by atoms with Gasteiger partial charge in [0.2, 0.25) is 5.91 Å². The van der Waals surface area contributed by atoms with Crippen LogP contribution in [0.2, 0.25) is 0 Å². The van der Waals surface area contributed by atoms with Crippen molar-refractivity contribution in [1.29, 1.82) is 0 Å². The summed E-state index contributed by atoms with van der Waals surface area (Å²) in [5.41, 5.74) is 0. The van der Waals surface area contributed by atoms with Crippen LogP contribution in [0.5, 0.6) is 0 Å². The topological polar surface area (TPSA) is 124 Å². The first-order valence-electron chi connectivity index (χ1n) is 8.72. The normalized spacial score (nSPS) is 12.2. The third-order valence-corrected chi connectivity index (χ3v) is 4.53. The first-order valence-corrected chi connectivity index (χ1v) is 10.3. The molecule has 1 unspecified atom stereocenters. The summed E-state index contributed by atoms with van der Waals surface area (Å²) < 4.78 is 31.6. The van der Waals surface area contributed by atoms with Crippen LogP contribution in [0.3, 0.4) is 0 Å². The summed E-state index contributed by atoms with van der Waals surface area (Å²) in [7, 11) is -4.49. The molecule has 1 amide bonds. The van der Waals surface area contributed by atoms with Gasteiger partial charge in [0.05, 0.1) is 10.1 Å². The summed E-state index contributed by atoms with van der Waals surface area (Å²) in [5, 5.41) is 11.2. The SMILES string of the molecule is CCCCCCCCCCCC(=O)NC(CCS(=O)(=O)[O-])C(=O)O.[Na+]. The summed E-state index contributed by atoms with van der Waals surface area (Å²) in [5.74, 6) is -2.56. The fourth-order valence-corrected chi connectivity index (χ4v) is 2.91. The second kappa shape index (κ2) is 16.1. The summed E-state index contributed by atoms with van der Waals surface area (Å²) in [4.78, 5) is 22.7. The van der Waals surface area contributed by atoms with Gasteiger partial charge in [0.15, 0.2) is 0 Å². The molecule has 0 fully saturated rings. The van der Waals surface area contributed by atoms with Crippen molar-refractivity contribution in [2.75, 3.05) is 5.75 Å². The van der Waals surface area contributed by atoms with Gasteiger partial charge in [-0.3, -0.25) is 4.79 Å². The Morgan fingerprint density at radius 2 is 1.48 bits per heavy atom. The summed E-state index contributed by atoms with van der Waals surface area (Å²) >= 11 is 0. The predicted molar refractivity (Wildman–Crippen MR) is 90.6 cm³/mol. The molecule has 0 aliphatic rings. The van der Waals surface area contributed by atoms with Crippen LogP contribution in [-0.4, -0.2) is 41.7 Å². The number of hydrogen-bond donors (Lipinski definition) is 2. The number of nitrogens with one attached hydrogen (secondary N) is 1. The molecule has 9 heteroatoms. The number of aliphatic carboxylic acids is 1. The first-order chi connectivity index (χ1) is 11.3. The van der Waals surface area contributed by atoms with Crippen LogP contribution in [0.15, 0.2) is 0 Å². The number of unbranched alkanes of at least 4 members (excludes halogenated alkanes) is 8. The molecule has 2 N–H and O–H groups in total. The Morgan fingerprint density at radius 3 is 1.92 bits per heavy atom. The molecule has 0 saturated heterocycles. The van der Waals surface area contributed by atoms with Gasteiger partial charge in [-0.2, -0.15) is 0 Å². The van der Waals surface area contributed by atoms with Crippen molar-refractivity contribution < 1.29 is 57.2 Å². The fraction of sp³-hybridized carbons (Fsp3) is 0.875. The molecule has 0 aromatic carbocycles. The molecule has 25 heavy (non-hydrogen) atoms. The van der Waals surface area contributed by atoms with E-state index in [2.05, 4.69) is 12.2 Å². The maximum atomic E-state index is 11.7. The van der Waals surface area contributed by atoms with Crippen LogP contribution in [0.1, 0.15) is 77.6 Å². The van der Waals surface area contributed by atoms with E-state index in [1.54, 1.807) is 0 Å². The van der Waals surface area contributed by atoms with E-state index in [4.69, 9.17) is 5.11 Å². The van der Waals surface area contributed by atoms with Crippen molar-refractivity contribution >= 4 is 22.0 Å². The van der Waals surface area contributed by atoms with E-state index in [0.29, 0.717) is 6.42 Å². The maximum Gasteiger partial charge on any atom is 1.00 e. The van der Waals surface area contributed by atoms with Gasteiger partial charge in [-0.1, -0.05) is 58.3 Å². The zero-order chi connectivity index (χ0) is 18.4. The van der Waals surface area contributed by atoms with Crippen LogP contribution >= 0.6 is 0 Å². The Morgan fingerprint density at radius 1 is 1.00 bits per heavy atom. The van der Waals surface area contributed by atoms with Crippen LogP contribution in [0.25, 0.3) is 0 Å². The largest absolute Gasteiger partial charge is 1.00 e. The monoisotopic (exact) mass is 387 g/mol. The van der Waals surface area contributed by atoms with Crippen molar-refractivity contribution in [2.45, 2.75) is 83.6 Å². The minimum atomic E-state index is -4.49. The minimum absolute atomic E-state index is 0. The van der Waals surface area contributed by atoms with Crippen molar-refractivity contribution in [2.24, 2.45) is 0 Å². The number of carbonyl (C=O) groups is 2. The molecule has 0 radical (unpaired) electrons. The van der Waals surface area contributed by atoms with Crippen molar-refractivity contribution in [3.05, 3.63) is 0 Å². The average Bonchev–Trinajstić information content (AvgIpc) is 2.48. The smallest absolute Gasteiger partial charge is 0.748 e. The number of amides is 1. The van der Waals surface area contributed by atoms with Crippen molar-refractivity contribution in [3.63, 3.8) is 0 Å². The number of carboxylic acid groups (broad SMARTS) is 1. The van der Waals surface area contributed by atoms with Crippen molar-refractivity contribution in [3.8, 4) is 0 Å². The Kier molecular flexibility index (Phi) is 17.4. The molecule has 0 aliphatic heterocycles. The van der Waals surface area contributed by atoms with Gasteiger partial charge in [0.1, 0.15) is 6.04 Å². The number of rotatable bonds is 15. The van der Waals surface area contributed by atoms with Crippen LogP contribution < -0.4 is 34.9 Å². The van der Waals surface area contributed by atoms with Gasteiger partial charge in [0.25, 0.3) is 0 Å². The molecule has 1 atom stereocenters. The van der Waals surface area contributed by atoms with E-state index in [0.717, 1.165) is 19.3 Å². The standard InChI is InChI=1S/C16H31NO6S.Na/c1-2-3-4-5-6-7-8-9-10-11-15(18)17-14(16(19)20)12-13-24(21,22)23;/h14H,2-13H2,1H3,(H,17,18)(H,19,20)(H,21,22,23);/q;+1/p-1. The summed E-state index contributed by atoms with van der Waals surface area (Å²) in [6.07, 6.45) is 9.81. The zero-order valence-electron chi connectivity index (χ0n) is 15.5. The average molecular weight is 387 g/mol. The van der Waals surface area contributed by atoms with E-state index in [-0.39, 0.29) is 36.0 Å². The van der Waals surface area contributed by atoms with Crippen LogP contribution in [0, 0.1) is 0 Å². The Hall–Kier alpha value is -0.150. The van der Waals surface area contributed by atoms with E-state index in [9.17, 15) is 22.6 Å². The van der Waals surface area contributed by atoms with Gasteiger partial charge in [-0.15, -0.1) is 0 Å². The van der Waals surface area contributed by atoms with Gasteiger partial charge < -0.3 is 15.0 Å². The molecule has 0 spiro atoms. The van der Waals surface area contributed by atoms with E-state index >= 15 is 0 Å². The molecular formula is C16H30NNaO6S. The van der Waals surface area contributed by atoms with E-state index in [1.807, 2.05) is 0 Å². The number of hydrogen-bond acceptors (Lipinski definition) is 5. The quantitative estimate of drug-likeness (QED) is 0.220. The summed E-state index contributed by atoms with van der Waals surface area (Å²) in [6.45, 7) is 2.18. The van der Waals surface area contributed by atoms with E-state index in [1.165, 1.54) is 32.1 Å².